The van der Waals surface area contributed by atoms with Gasteiger partial charge in [0.2, 0.25) is 5.91 Å². The molecule has 34 heavy (non-hydrogen) atoms. The van der Waals surface area contributed by atoms with E-state index in [0.29, 0.717) is 34.6 Å². The highest BCUT2D eigenvalue weighted by Gasteiger charge is 2.27. The molecule has 3 N–H and O–H groups in total. The predicted octanol–water partition coefficient (Wildman–Crippen LogP) is 4.91. The third kappa shape index (κ3) is 6.98. The molecule has 1 saturated carbocycles. The van der Waals surface area contributed by atoms with Crippen molar-refractivity contribution in [2.75, 3.05) is 10.6 Å². The molecule has 0 radical (unpaired) electrons. The van der Waals surface area contributed by atoms with Crippen LogP contribution in [0.15, 0.2) is 49.1 Å². The first-order chi connectivity index (χ1) is 16.6. The lowest BCUT2D eigenvalue weighted by molar-refractivity contribution is -0.118. The van der Waals surface area contributed by atoms with Crippen molar-refractivity contribution in [1.29, 1.82) is 0 Å². The van der Waals surface area contributed by atoms with Gasteiger partial charge >= 0.3 is 0 Å². The first-order valence-corrected chi connectivity index (χ1v) is 12.6. The smallest absolute Gasteiger partial charge is 0.263 e. The Morgan fingerprint density at radius 3 is 2.74 bits per heavy atom. The molecule has 1 aliphatic carbocycles. The van der Waals surface area contributed by atoms with Crippen LogP contribution < -0.4 is 16.0 Å². The molecule has 2 amide bonds. The quantitative estimate of drug-likeness (QED) is 0.387. The van der Waals surface area contributed by atoms with E-state index in [2.05, 4.69) is 30.9 Å². The van der Waals surface area contributed by atoms with E-state index in [1.54, 1.807) is 43.0 Å². The molecular formula is C24H27ClN6O2S. The van der Waals surface area contributed by atoms with Crippen molar-refractivity contribution in [2.45, 2.75) is 51.1 Å². The molecule has 0 saturated heterocycles. The minimum atomic E-state index is -0.640. The number of anilines is 2. The van der Waals surface area contributed by atoms with E-state index in [1.807, 2.05) is 6.07 Å². The van der Waals surface area contributed by atoms with Crippen molar-refractivity contribution >= 4 is 46.3 Å². The second-order valence-electron chi connectivity index (χ2n) is 8.33. The van der Waals surface area contributed by atoms with Gasteiger partial charge in [-0.25, -0.2) is 9.97 Å². The van der Waals surface area contributed by atoms with Crippen LogP contribution in [0, 0.1) is 5.92 Å². The Morgan fingerprint density at radius 1 is 1.12 bits per heavy atom. The van der Waals surface area contributed by atoms with Gasteiger partial charge in [0, 0.05) is 12.4 Å². The lowest BCUT2D eigenvalue weighted by Gasteiger charge is -2.26. The second kappa shape index (κ2) is 11.9. The van der Waals surface area contributed by atoms with Crippen LogP contribution in [-0.2, 0) is 11.3 Å². The van der Waals surface area contributed by atoms with Crippen molar-refractivity contribution in [2.24, 2.45) is 5.92 Å². The SMILES string of the molecule is O=C(N[C@@H](CC1CCCCC1)C(=O)Nc1ccccn1)c1cnc(CNc2cncc(Cl)c2)s1. The molecule has 3 heterocycles. The van der Waals surface area contributed by atoms with Gasteiger partial charge in [-0.1, -0.05) is 49.8 Å². The van der Waals surface area contributed by atoms with Crippen LogP contribution in [-0.4, -0.2) is 32.8 Å². The molecule has 0 aliphatic heterocycles. The number of hydrogen-bond acceptors (Lipinski definition) is 7. The molecule has 0 spiro atoms. The highest BCUT2D eigenvalue weighted by Crippen LogP contribution is 2.28. The summed E-state index contributed by atoms with van der Waals surface area (Å²) in [5.41, 5.74) is 0.771. The van der Waals surface area contributed by atoms with Gasteiger partial charge in [-0.15, -0.1) is 11.3 Å². The average molecular weight is 499 g/mol. The standard InChI is InChI=1S/C24H27ClN6O2S/c25-17-11-18(13-26-12-17)28-15-22-29-14-20(34-22)24(33)30-19(10-16-6-2-1-3-7-16)23(32)31-21-8-4-5-9-27-21/h4-5,8-9,11-14,16,19,28H,1-3,6-7,10,15H2,(H,30,33)(H,27,31,32)/t19-/m0/s1. The number of nitrogens with one attached hydrogen (secondary N) is 3. The summed E-state index contributed by atoms with van der Waals surface area (Å²) in [6.07, 6.45) is 12.7. The van der Waals surface area contributed by atoms with Crippen LogP contribution in [0.25, 0.3) is 0 Å². The molecule has 0 bridgehead atoms. The molecule has 10 heteroatoms. The van der Waals surface area contributed by atoms with Crippen LogP contribution in [0.3, 0.4) is 0 Å². The number of halogens is 1. The molecule has 1 atom stereocenters. The molecule has 1 aliphatic rings. The van der Waals surface area contributed by atoms with Gasteiger partial charge in [0.15, 0.2) is 0 Å². The zero-order valence-corrected chi connectivity index (χ0v) is 20.2. The number of rotatable bonds is 9. The molecule has 8 nitrogen and oxygen atoms in total. The Balaban J connectivity index is 1.39. The van der Waals surface area contributed by atoms with E-state index < -0.39 is 6.04 Å². The minimum absolute atomic E-state index is 0.252. The fourth-order valence-electron chi connectivity index (χ4n) is 4.05. The van der Waals surface area contributed by atoms with Crippen molar-refractivity contribution in [1.82, 2.24) is 20.3 Å². The Morgan fingerprint density at radius 2 is 1.97 bits per heavy atom. The molecular weight excluding hydrogens is 472 g/mol. The monoisotopic (exact) mass is 498 g/mol. The van der Waals surface area contributed by atoms with Gasteiger partial charge in [0.05, 0.1) is 29.6 Å². The van der Waals surface area contributed by atoms with Gasteiger partial charge < -0.3 is 16.0 Å². The summed E-state index contributed by atoms with van der Waals surface area (Å²) in [5, 5.41) is 10.2. The Kier molecular flexibility index (Phi) is 8.43. The maximum absolute atomic E-state index is 13.0. The van der Waals surface area contributed by atoms with E-state index in [-0.39, 0.29) is 11.8 Å². The summed E-state index contributed by atoms with van der Waals surface area (Å²) < 4.78 is 0. The topological polar surface area (TPSA) is 109 Å². The van der Waals surface area contributed by atoms with Gasteiger partial charge in [-0.2, -0.15) is 0 Å². The number of nitrogens with zero attached hydrogens (tertiary/aromatic N) is 3. The first kappa shape index (κ1) is 24.1. The number of thiazole rings is 1. The Hall–Kier alpha value is -3.04. The summed E-state index contributed by atoms with van der Waals surface area (Å²) in [7, 11) is 0. The maximum atomic E-state index is 13.0. The lowest BCUT2D eigenvalue weighted by Crippen LogP contribution is -2.45. The van der Waals surface area contributed by atoms with Crippen LogP contribution in [0.2, 0.25) is 5.02 Å². The number of amides is 2. The van der Waals surface area contributed by atoms with E-state index in [1.165, 1.54) is 30.6 Å². The minimum Gasteiger partial charge on any atom is -0.377 e. The number of pyridine rings is 2. The van der Waals surface area contributed by atoms with Crippen molar-refractivity contribution in [3.05, 3.63) is 64.0 Å². The number of hydrogen-bond donors (Lipinski definition) is 3. The van der Waals surface area contributed by atoms with Gasteiger partial charge in [-0.3, -0.25) is 14.6 Å². The fourth-order valence-corrected chi connectivity index (χ4v) is 4.98. The van der Waals surface area contributed by atoms with Crippen LogP contribution in [0.4, 0.5) is 11.5 Å². The van der Waals surface area contributed by atoms with E-state index in [9.17, 15) is 9.59 Å². The maximum Gasteiger partial charge on any atom is 0.263 e. The van der Waals surface area contributed by atoms with Crippen molar-refractivity contribution < 1.29 is 9.59 Å². The predicted molar refractivity (Wildman–Crippen MR) is 134 cm³/mol. The van der Waals surface area contributed by atoms with Gasteiger partial charge in [0.1, 0.15) is 21.7 Å². The molecule has 3 aromatic rings. The van der Waals surface area contributed by atoms with Gasteiger partial charge in [-0.05, 0) is 30.5 Å². The van der Waals surface area contributed by atoms with Crippen molar-refractivity contribution in [3.63, 3.8) is 0 Å². The first-order valence-electron chi connectivity index (χ1n) is 11.4. The summed E-state index contributed by atoms with van der Waals surface area (Å²) in [6.45, 7) is 0.436. The zero-order chi connectivity index (χ0) is 23.8. The summed E-state index contributed by atoms with van der Waals surface area (Å²) >= 11 is 7.25. The molecule has 4 rings (SSSR count). The van der Waals surface area contributed by atoms with E-state index in [4.69, 9.17) is 11.6 Å². The summed E-state index contributed by atoms with van der Waals surface area (Å²) in [5.74, 6) is 0.334. The van der Waals surface area contributed by atoms with Crippen molar-refractivity contribution in [3.8, 4) is 0 Å². The lowest BCUT2D eigenvalue weighted by atomic mass is 9.84. The Bertz CT molecular complexity index is 1100. The number of aromatic nitrogens is 3. The van der Waals surface area contributed by atoms with Crippen LogP contribution in [0.5, 0.6) is 0 Å². The molecule has 0 aromatic carbocycles. The third-order valence-electron chi connectivity index (χ3n) is 5.76. The molecule has 1 fully saturated rings. The second-order valence-corrected chi connectivity index (χ2v) is 9.89. The van der Waals surface area contributed by atoms with Gasteiger partial charge in [0.25, 0.3) is 5.91 Å². The third-order valence-corrected chi connectivity index (χ3v) is 6.96. The highest BCUT2D eigenvalue weighted by atomic mass is 35.5. The molecule has 0 unspecified atom stereocenters. The average Bonchev–Trinajstić information content (AvgIpc) is 3.33. The van der Waals surface area contributed by atoms with Crippen LogP contribution in [0.1, 0.15) is 53.2 Å². The molecule has 178 valence electrons. The fraction of sp³-hybridized carbons (Fsp3) is 0.375. The number of carbonyl (C=O) groups excluding carboxylic acids is 2. The zero-order valence-electron chi connectivity index (χ0n) is 18.7. The van der Waals surface area contributed by atoms with E-state index >= 15 is 0 Å². The molecule has 3 aromatic heterocycles. The van der Waals surface area contributed by atoms with E-state index in [0.717, 1.165) is 23.5 Å². The highest BCUT2D eigenvalue weighted by molar-refractivity contribution is 7.13. The van der Waals surface area contributed by atoms with Crippen LogP contribution >= 0.6 is 22.9 Å². The summed E-state index contributed by atoms with van der Waals surface area (Å²) in [4.78, 5) is 39.0. The number of carbonyl (C=O) groups is 2. The normalized spacial score (nSPS) is 14.9. The largest absolute Gasteiger partial charge is 0.377 e. The summed E-state index contributed by atoms with van der Waals surface area (Å²) in [6, 6.07) is 6.46. The Labute approximate surface area is 207 Å².